The third-order valence-electron chi connectivity index (χ3n) is 1.35. The topological polar surface area (TPSA) is 17.1 Å². The van der Waals surface area contributed by atoms with Gasteiger partial charge in [-0.15, -0.1) is 6.42 Å². The van der Waals surface area contributed by atoms with Crippen LogP contribution in [-0.2, 0) is 4.79 Å². The van der Waals surface area contributed by atoms with Gasteiger partial charge in [-0.3, -0.25) is 4.79 Å². The summed E-state index contributed by atoms with van der Waals surface area (Å²) >= 11 is 0. The first kappa shape index (κ1) is 8.97. The number of ketones is 1. The molecule has 0 aromatic heterocycles. The molecule has 0 fully saturated rings. The Labute approximate surface area is 62.1 Å². The molecule has 0 aromatic carbocycles. The number of hydrogen-bond acceptors (Lipinski definition) is 1. The minimum atomic E-state index is 0.0764. The lowest BCUT2D eigenvalue weighted by molar-refractivity contribution is -0.114. The van der Waals surface area contributed by atoms with Crippen molar-refractivity contribution in [2.24, 2.45) is 0 Å². The second-order valence-electron chi connectivity index (χ2n) is 1.97. The predicted octanol–water partition coefficient (Wildman–Crippen LogP) is 1.94. The third kappa shape index (κ3) is 2.50. The molecule has 0 saturated carbocycles. The maximum Gasteiger partial charge on any atom is 0.170 e. The molecule has 0 amide bonds. The molecule has 0 aromatic rings. The number of Topliss-reactive ketones (excluding diaryl/α,β-unsaturated/α-hetero) is 1. The molecular weight excluding hydrogens is 124 g/mol. The summed E-state index contributed by atoms with van der Waals surface area (Å²) in [6.45, 7) is 3.80. The van der Waals surface area contributed by atoms with Crippen LogP contribution in [0.25, 0.3) is 0 Å². The van der Waals surface area contributed by atoms with E-state index in [1.807, 2.05) is 19.9 Å². The van der Waals surface area contributed by atoms with Gasteiger partial charge in [-0.05, 0) is 18.9 Å². The van der Waals surface area contributed by atoms with Gasteiger partial charge >= 0.3 is 0 Å². The van der Waals surface area contributed by atoms with Gasteiger partial charge < -0.3 is 0 Å². The van der Waals surface area contributed by atoms with Gasteiger partial charge in [0, 0.05) is 0 Å². The van der Waals surface area contributed by atoms with Gasteiger partial charge in [0.05, 0.1) is 6.42 Å². The predicted molar refractivity (Wildman–Crippen MR) is 42.5 cm³/mol. The maximum absolute atomic E-state index is 11.0. The number of allylic oxidation sites excluding steroid dienone is 2. The van der Waals surface area contributed by atoms with Crippen LogP contribution < -0.4 is 0 Å². The van der Waals surface area contributed by atoms with Crippen molar-refractivity contribution in [1.29, 1.82) is 0 Å². The molecule has 0 heterocycles. The van der Waals surface area contributed by atoms with E-state index in [0.717, 1.165) is 12.0 Å². The Balaban J connectivity index is 4.07. The molecule has 0 N–H and O–H groups in total. The number of carbonyl (C=O) groups is 1. The van der Waals surface area contributed by atoms with Crippen molar-refractivity contribution in [3.05, 3.63) is 11.6 Å². The molecule has 54 valence electrons. The monoisotopic (exact) mass is 136 g/mol. The summed E-state index contributed by atoms with van der Waals surface area (Å²) in [4.78, 5) is 11.0. The molecule has 0 rings (SSSR count). The maximum atomic E-state index is 11.0. The van der Waals surface area contributed by atoms with Gasteiger partial charge in [-0.25, -0.2) is 0 Å². The van der Waals surface area contributed by atoms with Gasteiger partial charge in [-0.1, -0.05) is 18.9 Å². The Bertz CT molecular complexity index is 181. The molecular formula is C9H12O. The van der Waals surface area contributed by atoms with E-state index in [-0.39, 0.29) is 12.2 Å². The van der Waals surface area contributed by atoms with Crippen LogP contribution in [0.4, 0.5) is 0 Å². The highest BCUT2D eigenvalue weighted by Gasteiger charge is 2.02. The van der Waals surface area contributed by atoms with Crippen molar-refractivity contribution in [3.8, 4) is 12.3 Å². The van der Waals surface area contributed by atoms with Crippen LogP contribution in [0.15, 0.2) is 11.6 Å². The van der Waals surface area contributed by atoms with E-state index in [9.17, 15) is 4.79 Å². The smallest absolute Gasteiger partial charge is 0.170 e. The number of rotatable bonds is 3. The van der Waals surface area contributed by atoms with Crippen molar-refractivity contribution in [1.82, 2.24) is 0 Å². The lowest BCUT2D eigenvalue weighted by Crippen LogP contribution is -1.99. The standard InChI is InChI=1S/C9H12O/c1-4-7-9(10)8(5-2)6-3/h1,5H,6-7H2,2-3H3. The van der Waals surface area contributed by atoms with Crippen molar-refractivity contribution >= 4 is 5.78 Å². The Hall–Kier alpha value is -1.03. The molecule has 0 aliphatic rings. The Kier molecular flexibility index (Phi) is 4.32. The Morgan fingerprint density at radius 2 is 2.30 bits per heavy atom. The quantitative estimate of drug-likeness (QED) is 0.428. The fourth-order valence-corrected chi connectivity index (χ4v) is 0.769. The van der Waals surface area contributed by atoms with E-state index < -0.39 is 0 Å². The summed E-state index contributed by atoms with van der Waals surface area (Å²) < 4.78 is 0. The van der Waals surface area contributed by atoms with Gasteiger partial charge in [0.2, 0.25) is 0 Å². The van der Waals surface area contributed by atoms with Gasteiger partial charge in [0.25, 0.3) is 0 Å². The van der Waals surface area contributed by atoms with Gasteiger partial charge in [0.15, 0.2) is 5.78 Å². The van der Waals surface area contributed by atoms with Gasteiger partial charge in [0.1, 0.15) is 0 Å². The normalized spacial score (nSPS) is 10.7. The summed E-state index contributed by atoms with van der Waals surface area (Å²) in [5.41, 5.74) is 0.831. The van der Waals surface area contributed by atoms with Crippen LogP contribution in [0.2, 0.25) is 0 Å². The second kappa shape index (κ2) is 4.81. The zero-order valence-corrected chi connectivity index (χ0v) is 6.48. The van der Waals surface area contributed by atoms with E-state index in [0.29, 0.717) is 0 Å². The van der Waals surface area contributed by atoms with Crippen molar-refractivity contribution in [2.45, 2.75) is 26.7 Å². The Morgan fingerprint density at radius 3 is 2.60 bits per heavy atom. The molecule has 0 aliphatic heterocycles. The average molecular weight is 136 g/mol. The van der Waals surface area contributed by atoms with Crippen LogP contribution in [0.3, 0.4) is 0 Å². The second-order valence-corrected chi connectivity index (χ2v) is 1.97. The number of hydrogen-bond donors (Lipinski definition) is 0. The zero-order chi connectivity index (χ0) is 7.98. The van der Waals surface area contributed by atoms with Crippen molar-refractivity contribution < 1.29 is 4.79 Å². The molecule has 0 bridgehead atoms. The average Bonchev–Trinajstić information content (AvgIpc) is 1.91. The van der Waals surface area contributed by atoms with Crippen LogP contribution in [0.5, 0.6) is 0 Å². The molecule has 0 unspecified atom stereocenters. The summed E-state index contributed by atoms with van der Waals surface area (Å²) in [5, 5.41) is 0. The molecule has 0 atom stereocenters. The van der Waals surface area contributed by atoms with E-state index in [1.165, 1.54) is 0 Å². The van der Waals surface area contributed by atoms with E-state index in [2.05, 4.69) is 5.92 Å². The highest BCUT2D eigenvalue weighted by molar-refractivity contribution is 5.96. The van der Waals surface area contributed by atoms with E-state index >= 15 is 0 Å². The highest BCUT2D eigenvalue weighted by atomic mass is 16.1. The SMILES string of the molecule is C#CCC(=O)C(=CC)CC. The molecule has 0 aliphatic carbocycles. The van der Waals surface area contributed by atoms with Crippen molar-refractivity contribution in [2.75, 3.05) is 0 Å². The molecule has 1 nitrogen and oxygen atoms in total. The molecule has 0 radical (unpaired) electrons. The van der Waals surface area contributed by atoms with E-state index in [4.69, 9.17) is 6.42 Å². The molecule has 0 spiro atoms. The van der Waals surface area contributed by atoms with Crippen LogP contribution in [0.1, 0.15) is 26.7 Å². The van der Waals surface area contributed by atoms with Crippen LogP contribution in [0, 0.1) is 12.3 Å². The number of carbonyl (C=O) groups excluding carboxylic acids is 1. The Morgan fingerprint density at radius 1 is 1.70 bits per heavy atom. The summed E-state index contributed by atoms with van der Waals surface area (Å²) in [7, 11) is 0. The lowest BCUT2D eigenvalue weighted by Gasteiger charge is -1.96. The fraction of sp³-hybridized carbons (Fsp3) is 0.444. The fourth-order valence-electron chi connectivity index (χ4n) is 0.769. The lowest BCUT2D eigenvalue weighted by atomic mass is 10.1. The van der Waals surface area contributed by atoms with E-state index in [1.54, 1.807) is 0 Å². The molecule has 1 heteroatoms. The summed E-state index contributed by atoms with van der Waals surface area (Å²) in [6.07, 6.45) is 7.80. The van der Waals surface area contributed by atoms with Crippen LogP contribution in [-0.4, -0.2) is 5.78 Å². The first-order chi connectivity index (χ1) is 4.76. The summed E-state index contributed by atoms with van der Waals surface area (Å²) in [6, 6.07) is 0. The van der Waals surface area contributed by atoms with Gasteiger partial charge in [-0.2, -0.15) is 0 Å². The van der Waals surface area contributed by atoms with Crippen molar-refractivity contribution in [3.63, 3.8) is 0 Å². The third-order valence-corrected chi connectivity index (χ3v) is 1.35. The highest BCUT2D eigenvalue weighted by Crippen LogP contribution is 2.03. The minimum absolute atomic E-state index is 0.0764. The first-order valence-electron chi connectivity index (χ1n) is 3.38. The summed E-state index contributed by atoms with van der Waals surface area (Å²) in [5.74, 6) is 2.40. The first-order valence-corrected chi connectivity index (χ1v) is 3.38. The largest absolute Gasteiger partial charge is 0.293 e. The number of terminal acetylenes is 1. The minimum Gasteiger partial charge on any atom is -0.293 e. The molecule has 0 saturated heterocycles. The molecule has 10 heavy (non-hydrogen) atoms. The zero-order valence-electron chi connectivity index (χ0n) is 6.48. The van der Waals surface area contributed by atoms with Crippen LogP contribution >= 0.6 is 0 Å².